The van der Waals surface area contributed by atoms with Crippen molar-refractivity contribution in [3.8, 4) is 0 Å². The van der Waals surface area contributed by atoms with Crippen LogP contribution in [0.3, 0.4) is 0 Å². The van der Waals surface area contributed by atoms with Crippen LogP contribution in [0.25, 0.3) is 0 Å². The van der Waals surface area contributed by atoms with Crippen LogP contribution in [0.15, 0.2) is 0 Å². The first kappa shape index (κ1) is 87.0. The average molecular weight is 1470 g/mol. The number of carbonyl (C=O) groups is 8. The van der Waals surface area contributed by atoms with Crippen molar-refractivity contribution < 1.29 is 136 Å². The molecule has 0 aromatic carbocycles. The van der Waals surface area contributed by atoms with Crippen LogP contribution in [0.1, 0.15) is 92.9 Å². The molecule has 0 radical (unpaired) electrons. The topological polar surface area (TPSA) is 513 Å². The van der Waals surface area contributed by atoms with Gasteiger partial charge in [-0.1, -0.05) is 0 Å². The summed E-state index contributed by atoms with van der Waals surface area (Å²) in [5, 5.41) is 107. The van der Waals surface area contributed by atoms with Gasteiger partial charge in [0.2, 0.25) is 47.3 Å². The molecule has 37 nitrogen and oxygen atoms in total. The molecule has 16 atom stereocenters. The lowest BCUT2D eigenvalue weighted by Gasteiger charge is -2.42. The number of likely N-dealkylation sites (tertiary alicyclic amines) is 1. The largest absolute Gasteiger partial charge is 0.394 e. The second-order valence-corrected chi connectivity index (χ2v) is 28.0. The number of hydrogen-bond acceptors (Lipinski definition) is 29. The minimum atomic E-state index is -3.55. The Morgan fingerprint density at radius 3 is 1.42 bits per heavy atom. The van der Waals surface area contributed by atoms with E-state index in [2.05, 4.69) is 31.9 Å². The molecule has 0 saturated carbocycles. The number of aliphatic hydroxyl groups excluding tert-OH is 9. The molecule has 4 rings (SSSR count). The lowest BCUT2D eigenvalue weighted by molar-refractivity contribution is -0.272. The zero-order valence-electron chi connectivity index (χ0n) is 57.3. The molecule has 0 aliphatic carbocycles. The van der Waals surface area contributed by atoms with Crippen molar-refractivity contribution in [1.29, 1.82) is 0 Å². The number of carbonyl (C=O) groups excluding carboxylic acids is 8. The molecule has 4 aliphatic heterocycles. The molecule has 39 heteroatoms. The van der Waals surface area contributed by atoms with Gasteiger partial charge in [-0.15, -0.1) is 0 Å². The number of piperidine rings is 1. The van der Waals surface area contributed by atoms with Crippen LogP contribution in [0, 0.1) is 0 Å². The molecule has 0 aromatic rings. The lowest BCUT2D eigenvalue weighted by atomic mass is 9.90. The highest BCUT2D eigenvalue weighted by molar-refractivity contribution is 8.07. The Hall–Kier alpha value is -4.43. The van der Waals surface area contributed by atoms with Crippen molar-refractivity contribution in [3.05, 3.63) is 0 Å². The van der Waals surface area contributed by atoms with E-state index in [9.17, 15) is 89.2 Å². The average Bonchev–Trinajstić information content (AvgIpc) is 0.830. The maximum Gasteiger partial charge on any atom is 0.325 e. The predicted octanol–water partition coefficient (Wildman–Crippen LogP) is -7.20. The van der Waals surface area contributed by atoms with E-state index in [-0.39, 0.29) is 137 Å². The lowest BCUT2D eigenvalue weighted by Crippen LogP contribution is -2.64. The fourth-order valence-corrected chi connectivity index (χ4v) is 13.6. The number of ether oxygens (including phenoxy) is 8. The molecular weight excluding hydrogens is 1360 g/mol. The third-order valence-corrected chi connectivity index (χ3v) is 17.8. The fourth-order valence-electron chi connectivity index (χ4n) is 11.2. The van der Waals surface area contributed by atoms with Gasteiger partial charge >= 0.3 is 6.72 Å². The molecule has 0 bridgehead atoms. The molecule has 0 aromatic heterocycles. The minimum absolute atomic E-state index is 0.00657. The number of nitrogens with zero attached hydrogens (tertiary/aromatic N) is 3. The summed E-state index contributed by atoms with van der Waals surface area (Å²) < 4.78 is 56.5. The monoisotopic (exact) mass is 1470 g/mol. The van der Waals surface area contributed by atoms with Gasteiger partial charge < -0.3 is 139 Å². The first-order valence-electron chi connectivity index (χ1n) is 33.3. The normalized spacial score (nSPS) is 27.4. The molecule has 4 heterocycles. The Balaban J connectivity index is 1.37. The van der Waals surface area contributed by atoms with Gasteiger partial charge in [0.25, 0.3) is 0 Å². The van der Waals surface area contributed by atoms with Crippen molar-refractivity contribution in [2.24, 2.45) is 0 Å². The molecule has 16 unspecified atom stereocenters. The number of aliphatic hydroxyl groups is 9. The fraction of sp³-hybridized carbons (Fsp3) is 0.867. The molecule has 4 aliphatic rings. The number of amides is 8. The number of nitrogens with one attached hydrogen (secondary N) is 6. The SMILES string of the molecule is CC(=O)NC1C(CCCOCCNC(=O)CN(CCCN(CC(=O)NCCOCCOC2OC(CO)C(O)C(O)C2NC(C)=O)C(=O)CCCC(=O)N2CCC(OP(O)(=S)OC(C)(C)C)CC2)CC(=O)NCCOCCOC2OC(CO)C(O)C(O)C2NC(C)=O)OC(CO)C(O)C1O. The molecule has 99 heavy (non-hydrogen) atoms. The van der Waals surface area contributed by atoms with Crippen molar-refractivity contribution in [3.63, 3.8) is 0 Å². The van der Waals surface area contributed by atoms with E-state index in [4.69, 9.17) is 58.7 Å². The number of rotatable bonds is 44. The Labute approximate surface area is 581 Å². The van der Waals surface area contributed by atoms with E-state index >= 15 is 0 Å². The Morgan fingerprint density at radius 1 is 0.535 bits per heavy atom. The molecule has 16 N–H and O–H groups in total. The third kappa shape index (κ3) is 32.0. The Morgan fingerprint density at radius 2 is 0.970 bits per heavy atom. The summed E-state index contributed by atoms with van der Waals surface area (Å²) in [5.74, 6) is -3.84. The summed E-state index contributed by atoms with van der Waals surface area (Å²) >= 11 is 5.21. The van der Waals surface area contributed by atoms with Crippen LogP contribution < -0.4 is 31.9 Å². The highest BCUT2D eigenvalue weighted by atomic mass is 32.5. The second-order valence-electron chi connectivity index (χ2n) is 25.3. The van der Waals surface area contributed by atoms with Crippen LogP contribution in [0.5, 0.6) is 0 Å². The van der Waals surface area contributed by atoms with Crippen molar-refractivity contribution in [2.45, 2.75) is 196 Å². The van der Waals surface area contributed by atoms with E-state index in [0.717, 1.165) is 0 Å². The zero-order chi connectivity index (χ0) is 73.4. The van der Waals surface area contributed by atoms with Crippen LogP contribution in [-0.2, 0) is 97.1 Å². The predicted molar refractivity (Wildman–Crippen MR) is 348 cm³/mol. The molecule has 572 valence electrons. The first-order chi connectivity index (χ1) is 46.9. The summed E-state index contributed by atoms with van der Waals surface area (Å²) in [6, 6.07) is -3.29. The van der Waals surface area contributed by atoms with E-state index in [1.54, 1.807) is 25.7 Å². The summed E-state index contributed by atoms with van der Waals surface area (Å²) in [6.07, 6.45) is -14.5. The van der Waals surface area contributed by atoms with Crippen LogP contribution in [0.2, 0.25) is 0 Å². The smallest absolute Gasteiger partial charge is 0.325 e. The number of hydrogen-bond donors (Lipinski definition) is 16. The first-order valence-corrected chi connectivity index (χ1v) is 35.9. The van der Waals surface area contributed by atoms with Gasteiger partial charge in [0.15, 0.2) is 12.6 Å². The van der Waals surface area contributed by atoms with Crippen molar-refractivity contribution in [2.75, 3.05) is 138 Å². The molecule has 4 fully saturated rings. The van der Waals surface area contributed by atoms with Gasteiger partial charge in [-0.05, 0) is 71.1 Å². The quantitative estimate of drug-likeness (QED) is 0.0199. The van der Waals surface area contributed by atoms with Crippen LogP contribution >= 0.6 is 6.72 Å². The second kappa shape index (κ2) is 44.9. The van der Waals surface area contributed by atoms with E-state index < -0.39 is 178 Å². The van der Waals surface area contributed by atoms with Crippen LogP contribution in [-0.4, -0.2) is 354 Å². The molecule has 8 amide bonds. The Bertz CT molecular complexity index is 2450. The molecule has 4 saturated heterocycles. The van der Waals surface area contributed by atoms with Gasteiger partial charge in [0, 0.05) is 86.0 Å². The summed E-state index contributed by atoms with van der Waals surface area (Å²) in [4.78, 5) is 119. The molecule has 0 spiro atoms. The maximum absolute atomic E-state index is 14.0. The summed E-state index contributed by atoms with van der Waals surface area (Å²) in [6.45, 7) is 2.77. The highest BCUT2D eigenvalue weighted by Gasteiger charge is 2.48. The van der Waals surface area contributed by atoms with Crippen LogP contribution in [0.4, 0.5) is 0 Å². The van der Waals surface area contributed by atoms with Gasteiger partial charge in [0.05, 0.1) is 110 Å². The standard InChI is InChI=1S/C60H108N9O28PS/c1-36(73)64-49-40(93-41(33-70)52(81)55(49)84)10-8-22-88-23-15-61-44(76)30-67(31-45(77)62-16-24-89-26-28-91-58-50(65-37(2)74)56(85)53(82)42(34-71)94-58)18-9-19-69(48(80)12-7-11-47(79)68-20-13-39(14-21-68)96-98(87,99)97-60(4,5)6)32-46(78)63-17-25-90-27-29-92-59-51(66-38(3)75)57(86)54(83)43(35-72)95-59/h39-43,49-59,70-72,81-86H,7-35H2,1-6H3,(H,61,76)(H,62,77)(H,63,78)(H,64,73)(H,65,74)(H,66,75)(H,87,99). The van der Waals surface area contributed by atoms with E-state index in [1.165, 1.54) is 30.6 Å². The van der Waals surface area contributed by atoms with Gasteiger partial charge in [-0.25, -0.2) is 0 Å². The van der Waals surface area contributed by atoms with E-state index in [0.29, 0.717) is 32.4 Å². The van der Waals surface area contributed by atoms with Crippen molar-refractivity contribution in [1.82, 2.24) is 46.6 Å². The zero-order valence-corrected chi connectivity index (χ0v) is 59.0. The minimum Gasteiger partial charge on any atom is -0.394 e. The van der Waals surface area contributed by atoms with Crippen molar-refractivity contribution >= 4 is 65.8 Å². The maximum atomic E-state index is 14.0. The summed E-state index contributed by atoms with van der Waals surface area (Å²) in [5.41, 5.74) is -0.738. The summed E-state index contributed by atoms with van der Waals surface area (Å²) in [7, 11) is 0. The Kier molecular flexibility index (Phi) is 39.5. The van der Waals surface area contributed by atoms with E-state index in [1.807, 2.05) is 0 Å². The highest BCUT2D eigenvalue weighted by Crippen LogP contribution is 2.49. The van der Waals surface area contributed by atoms with Gasteiger partial charge in [-0.3, -0.25) is 43.3 Å². The third-order valence-electron chi connectivity index (χ3n) is 16.0. The molecular formula is C60H108N9O28PS. The van der Waals surface area contributed by atoms with Gasteiger partial charge in [-0.2, -0.15) is 0 Å². The van der Waals surface area contributed by atoms with Gasteiger partial charge in [0.1, 0.15) is 67.0 Å².